The predicted octanol–water partition coefficient (Wildman–Crippen LogP) is 2.68. The molecule has 0 aliphatic carbocycles. The fourth-order valence-corrected chi connectivity index (χ4v) is 3.09. The van der Waals surface area contributed by atoms with Gasteiger partial charge in [0, 0.05) is 16.3 Å². The standard InChI is InChI=1S/C11H16BrNO2S/c1-7(13)11(2,6-10(14)15-3)8-4-5-9(12)16-8/h4-5,7H,6,13H2,1-3H3. The van der Waals surface area contributed by atoms with Crippen molar-refractivity contribution in [2.45, 2.75) is 31.7 Å². The molecular weight excluding hydrogens is 290 g/mol. The van der Waals surface area contributed by atoms with E-state index in [0.717, 1.165) is 8.66 Å². The first-order valence-electron chi connectivity index (χ1n) is 4.98. The number of hydrogen-bond donors (Lipinski definition) is 1. The largest absolute Gasteiger partial charge is 0.469 e. The number of halogens is 1. The lowest BCUT2D eigenvalue weighted by atomic mass is 9.79. The Morgan fingerprint density at radius 3 is 2.69 bits per heavy atom. The highest BCUT2D eigenvalue weighted by Gasteiger charge is 2.35. The maximum Gasteiger partial charge on any atom is 0.306 e. The van der Waals surface area contributed by atoms with Gasteiger partial charge in [-0.15, -0.1) is 11.3 Å². The van der Waals surface area contributed by atoms with Crippen LogP contribution in [0.2, 0.25) is 0 Å². The van der Waals surface area contributed by atoms with Crippen LogP contribution in [-0.2, 0) is 14.9 Å². The van der Waals surface area contributed by atoms with Gasteiger partial charge in [-0.1, -0.05) is 6.92 Å². The molecule has 0 aliphatic heterocycles. The van der Waals surface area contributed by atoms with Crippen molar-refractivity contribution in [3.05, 3.63) is 20.8 Å². The summed E-state index contributed by atoms with van der Waals surface area (Å²) in [5.41, 5.74) is 5.63. The van der Waals surface area contributed by atoms with E-state index < -0.39 is 0 Å². The van der Waals surface area contributed by atoms with E-state index in [-0.39, 0.29) is 17.4 Å². The number of ether oxygens (including phenoxy) is 1. The predicted molar refractivity (Wildman–Crippen MR) is 69.7 cm³/mol. The Balaban J connectivity index is 3.01. The number of thiophene rings is 1. The van der Waals surface area contributed by atoms with Gasteiger partial charge < -0.3 is 10.5 Å². The number of hydrogen-bond acceptors (Lipinski definition) is 4. The molecule has 0 aliphatic rings. The zero-order valence-electron chi connectivity index (χ0n) is 9.62. The molecule has 2 N–H and O–H groups in total. The number of methoxy groups -OCH3 is 1. The van der Waals surface area contributed by atoms with E-state index in [4.69, 9.17) is 10.5 Å². The molecule has 0 spiro atoms. The number of rotatable bonds is 4. The topological polar surface area (TPSA) is 52.3 Å². The molecule has 2 unspecified atom stereocenters. The minimum Gasteiger partial charge on any atom is -0.469 e. The molecule has 1 aromatic heterocycles. The fraction of sp³-hybridized carbons (Fsp3) is 0.545. The van der Waals surface area contributed by atoms with Crippen molar-refractivity contribution in [2.75, 3.05) is 7.11 Å². The molecule has 1 heterocycles. The van der Waals surface area contributed by atoms with Crippen LogP contribution in [0.1, 0.15) is 25.1 Å². The number of carbonyl (C=O) groups is 1. The van der Waals surface area contributed by atoms with Crippen molar-refractivity contribution in [2.24, 2.45) is 5.73 Å². The zero-order valence-corrected chi connectivity index (χ0v) is 12.0. The summed E-state index contributed by atoms with van der Waals surface area (Å²) in [6.07, 6.45) is 0.300. The van der Waals surface area contributed by atoms with E-state index in [1.54, 1.807) is 11.3 Å². The molecule has 0 amide bonds. The number of esters is 1. The van der Waals surface area contributed by atoms with Crippen LogP contribution in [-0.4, -0.2) is 19.1 Å². The van der Waals surface area contributed by atoms with Gasteiger partial charge in [-0.3, -0.25) is 4.79 Å². The Hall–Kier alpha value is -0.390. The lowest BCUT2D eigenvalue weighted by Gasteiger charge is -2.31. The fourth-order valence-electron chi connectivity index (χ4n) is 1.47. The second-order valence-corrected chi connectivity index (χ2v) is 6.53. The van der Waals surface area contributed by atoms with Crippen LogP contribution < -0.4 is 5.73 Å². The minimum atomic E-state index is -0.371. The van der Waals surface area contributed by atoms with Crippen molar-refractivity contribution < 1.29 is 9.53 Å². The Labute approximate surface area is 108 Å². The van der Waals surface area contributed by atoms with Gasteiger partial charge in [-0.05, 0) is 35.0 Å². The Kier molecular flexibility index (Phi) is 4.52. The van der Waals surface area contributed by atoms with Crippen LogP contribution in [0.25, 0.3) is 0 Å². The van der Waals surface area contributed by atoms with Gasteiger partial charge in [0.2, 0.25) is 0 Å². The third-order valence-electron chi connectivity index (χ3n) is 2.88. The van der Waals surface area contributed by atoms with Gasteiger partial charge in [0.15, 0.2) is 0 Å². The second kappa shape index (κ2) is 5.29. The minimum absolute atomic E-state index is 0.114. The first-order chi connectivity index (χ1) is 7.40. The molecule has 0 saturated heterocycles. The summed E-state index contributed by atoms with van der Waals surface area (Å²) in [5.74, 6) is -0.232. The van der Waals surface area contributed by atoms with Crippen LogP contribution in [0.5, 0.6) is 0 Å². The SMILES string of the molecule is COC(=O)CC(C)(c1ccc(Br)s1)C(C)N. The van der Waals surface area contributed by atoms with E-state index in [0.29, 0.717) is 6.42 Å². The van der Waals surface area contributed by atoms with Gasteiger partial charge in [-0.25, -0.2) is 0 Å². The Morgan fingerprint density at radius 1 is 1.69 bits per heavy atom. The first kappa shape index (κ1) is 13.7. The summed E-state index contributed by atoms with van der Waals surface area (Å²) in [5, 5.41) is 0. The average Bonchev–Trinajstić information content (AvgIpc) is 2.64. The van der Waals surface area contributed by atoms with E-state index >= 15 is 0 Å². The molecule has 5 heteroatoms. The lowest BCUT2D eigenvalue weighted by molar-refractivity contribution is -0.142. The van der Waals surface area contributed by atoms with E-state index in [1.165, 1.54) is 7.11 Å². The van der Waals surface area contributed by atoms with Crippen LogP contribution in [0, 0.1) is 0 Å². The van der Waals surface area contributed by atoms with Crippen molar-refractivity contribution in [3.63, 3.8) is 0 Å². The van der Waals surface area contributed by atoms with Gasteiger partial charge in [0.25, 0.3) is 0 Å². The number of carbonyl (C=O) groups excluding carboxylic acids is 1. The van der Waals surface area contributed by atoms with Gasteiger partial charge in [0.1, 0.15) is 0 Å². The molecule has 3 nitrogen and oxygen atoms in total. The lowest BCUT2D eigenvalue weighted by Crippen LogP contribution is -2.42. The molecule has 0 saturated carbocycles. The highest BCUT2D eigenvalue weighted by Crippen LogP contribution is 2.37. The molecule has 0 aromatic carbocycles. The summed E-state index contributed by atoms with van der Waals surface area (Å²) < 4.78 is 5.76. The normalized spacial score (nSPS) is 16.6. The van der Waals surface area contributed by atoms with Gasteiger partial charge in [0.05, 0.1) is 17.3 Å². The van der Waals surface area contributed by atoms with Gasteiger partial charge >= 0.3 is 5.97 Å². The zero-order chi connectivity index (χ0) is 12.3. The van der Waals surface area contributed by atoms with Crippen molar-refractivity contribution in [1.29, 1.82) is 0 Å². The van der Waals surface area contributed by atoms with Crippen LogP contribution in [0.3, 0.4) is 0 Å². The molecule has 0 bridgehead atoms. The van der Waals surface area contributed by atoms with Gasteiger partial charge in [-0.2, -0.15) is 0 Å². The Bertz CT molecular complexity index is 378. The first-order valence-corrected chi connectivity index (χ1v) is 6.59. The van der Waals surface area contributed by atoms with Crippen molar-refractivity contribution in [3.8, 4) is 0 Å². The maximum absolute atomic E-state index is 11.4. The smallest absolute Gasteiger partial charge is 0.306 e. The molecule has 2 atom stereocenters. The molecule has 0 fully saturated rings. The average molecular weight is 306 g/mol. The van der Waals surface area contributed by atoms with E-state index in [9.17, 15) is 4.79 Å². The summed E-state index contributed by atoms with van der Waals surface area (Å²) in [6, 6.07) is 3.86. The highest BCUT2D eigenvalue weighted by molar-refractivity contribution is 9.11. The monoisotopic (exact) mass is 305 g/mol. The molecule has 90 valence electrons. The van der Waals surface area contributed by atoms with Crippen molar-refractivity contribution in [1.82, 2.24) is 0 Å². The summed E-state index contributed by atoms with van der Waals surface area (Å²) in [4.78, 5) is 12.5. The van der Waals surface area contributed by atoms with Crippen LogP contribution in [0.4, 0.5) is 0 Å². The molecule has 1 aromatic rings. The summed E-state index contributed by atoms with van der Waals surface area (Å²) in [6.45, 7) is 3.91. The van der Waals surface area contributed by atoms with E-state index in [1.807, 2.05) is 26.0 Å². The highest BCUT2D eigenvalue weighted by atomic mass is 79.9. The Morgan fingerprint density at radius 2 is 2.31 bits per heavy atom. The summed E-state index contributed by atoms with van der Waals surface area (Å²) in [7, 11) is 1.40. The number of nitrogens with two attached hydrogens (primary N) is 1. The molecule has 16 heavy (non-hydrogen) atoms. The quantitative estimate of drug-likeness (QED) is 0.870. The third-order valence-corrected chi connectivity index (χ3v) is 4.78. The molecule has 1 rings (SSSR count). The van der Waals surface area contributed by atoms with Crippen LogP contribution in [0.15, 0.2) is 15.9 Å². The van der Waals surface area contributed by atoms with Crippen molar-refractivity contribution >= 4 is 33.2 Å². The van der Waals surface area contributed by atoms with E-state index in [2.05, 4.69) is 15.9 Å². The van der Waals surface area contributed by atoms with Crippen LogP contribution >= 0.6 is 27.3 Å². The maximum atomic E-state index is 11.4. The second-order valence-electron chi connectivity index (χ2n) is 4.06. The summed E-state index contributed by atoms with van der Waals surface area (Å²) >= 11 is 5.02. The molecule has 0 radical (unpaired) electrons. The molecular formula is C11H16BrNO2S. The third kappa shape index (κ3) is 2.84.